The predicted molar refractivity (Wildman–Crippen MR) is 79.8 cm³/mol. The zero-order valence-electron chi connectivity index (χ0n) is 12.3. The molecule has 0 radical (unpaired) electrons. The maximum absolute atomic E-state index is 11.9. The molecule has 108 valence electrons. The molecule has 0 aliphatic heterocycles. The summed E-state index contributed by atoms with van der Waals surface area (Å²) < 4.78 is 2.13. The standard InChI is InChI=1S/C15H22N4O/c1-4-7-13-17-11-8-5-6-9-12(11)19(13)10-15(2,3)14(20)18-16/h5-6,8-9H,4,7,10,16H2,1-3H3,(H,18,20). The predicted octanol–water partition coefficient (Wildman–Crippen LogP) is 2.00. The Morgan fingerprint density at radius 3 is 2.75 bits per heavy atom. The molecule has 5 heteroatoms. The summed E-state index contributed by atoms with van der Waals surface area (Å²) in [6, 6.07) is 8.01. The van der Waals surface area contributed by atoms with Gasteiger partial charge in [-0.1, -0.05) is 19.1 Å². The van der Waals surface area contributed by atoms with Crippen LogP contribution in [-0.2, 0) is 17.8 Å². The first-order chi connectivity index (χ1) is 9.49. The Morgan fingerprint density at radius 2 is 2.10 bits per heavy atom. The van der Waals surface area contributed by atoms with Crippen LogP contribution in [0.25, 0.3) is 11.0 Å². The van der Waals surface area contributed by atoms with Crippen LogP contribution in [0.3, 0.4) is 0 Å². The quantitative estimate of drug-likeness (QED) is 0.497. The van der Waals surface area contributed by atoms with E-state index in [0.717, 1.165) is 29.7 Å². The lowest BCUT2D eigenvalue weighted by atomic mass is 9.92. The van der Waals surface area contributed by atoms with Crippen molar-refractivity contribution < 1.29 is 4.79 Å². The highest BCUT2D eigenvalue weighted by Crippen LogP contribution is 2.24. The van der Waals surface area contributed by atoms with Crippen molar-refractivity contribution in [2.24, 2.45) is 11.3 Å². The number of nitrogens with one attached hydrogen (secondary N) is 1. The molecule has 2 aromatic rings. The maximum Gasteiger partial charge on any atom is 0.241 e. The fourth-order valence-corrected chi connectivity index (χ4v) is 2.38. The minimum absolute atomic E-state index is 0.169. The normalized spacial score (nSPS) is 11.8. The molecule has 0 saturated heterocycles. The number of imidazole rings is 1. The van der Waals surface area contributed by atoms with Crippen molar-refractivity contribution >= 4 is 16.9 Å². The summed E-state index contributed by atoms with van der Waals surface area (Å²) in [5.41, 5.74) is 3.70. The molecule has 3 N–H and O–H groups in total. The Morgan fingerprint density at radius 1 is 1.40 bits per heavy atom. The Balaban J connectivity index is 2.46. The van der Waals surface area contributed by atoms with Gasteiger partial charge in [-0.3, -0.25) is 10.2 Å². The van der Waals surface area contributed by atoms with E-state index in [1.54, 1.807) is 0 Å². The number of aryl methyl sites for hydroxylation is 1. The van der Waals surface area contributed by atoms with E-state index >= 15 is 0 Å². The lowest BCUT2D eigenvalue weighted by Crippen LogP contribution is -2.43. The molecule has 0 atom stereocenters. The number of nitrogens with zero attached hydrogens (tertiary/aromatic N) is 2. The van der Waals surface area contributed by atoms with Crippen LogP contribution in [0.1, 0.15) is 33.0 Å². The van der Waals surface area contributed by atoms with Crippen LogP contribution in [0.15, 0.2) is 24.3 Å². The number of nitrogens with two attached hydrogens (primary N) is 1. The topological polar surface area (TPSA) is 72.9 Å². The van der Waals surface area contributed by atoms with Gasteiger partial charge in [0.05, 0.1) is 16.4 Å². The molecule has 1 aromatic carbocycles. The maximum atomic E-state index is 11.9. The molecule has 1 heterocycles. The number of para-hydroxylation sites is 2. The summed E-state index contributed by atoms with van der Waals surface area (Å²) in [5.74, 6) is 6.12. The average molecular weight is 274 g/mol. The SMILES string of the molecule is CCCc1nc2ccccc2n1CC(C)(C)C(=O)NN. The first-order valence-electron chi connectivity index (χ1n) is 6.95. The second-order valence-corrected chi connectivity index (χ2v) is 5.71. The molecule has 0 fully saturated rings. The fourth-order valence-electron chi connectivity index (χ4n) is 2.38. The van der Waals surface area contributed by atoms with E-state index in [4.69, 9.17) is 5.84 Å². The van der Waals surface area contributed by atoms with Gasteiger partial charge in [-0.25, -0.2) is 10.8 Å². The molecule has 20 heavy (non-hydrogen) atoms. The minimum atomic E-state index is -0.583. The molecular weight excluding hydrogens is 252 g/mol. The van der Waals surface area contributed by atoms with Gasteiger partial charge in [0.2, 0.25) is 5.91 Å². The van der Waals surface area contributed by atoms with Crippen molar-refractivity contribution in [2.75, 3.05) is 0 Å². The molecular formula is C15H22N4O. The summed E-state index contributed by atoms with van der Waals surface area (Å²) in [6.45, 7) is 6.46. The van der Waals surface area contributed by atoms with E-state index in [1.807, 2.05) is 38.1 Å². The molecule has 2 rings (SSSR count). The number of hydrogen-bond acceptors (Lipinski definition) is 3. The number of fused-ring (bicyclic) bond motifs is 1. The van der Waals surface area contributed by atoms with E-state index in [9.17, 15) is 4.79 Å². The number of carbonyl (C=O) groups is 1. The summed E-state index contributed by atoms with van der Waals surface area (Å²) in [5, 5.41) is 0. The Labute approximate surface area is 119 Å². The second-order valence-electron chi connectivity index (χ2n) is 5.71. The van der Waals surface area contributed by atoms with Crippen LogP contribution >= 0.6 is 0 Å². The molecule has 0 aliphatic carbocycles. The van der Waals surface area contributed by atoms with E-state index in [0.29, 0.717) is 6.54 Å². The lowest BCUT2D eigenvalue weighted by molar-refractivity contribution is -0.130. The highest BCUT2D eigenvalue weighted by Gasteiger charge is 2.29. The molecule has 1 amide bonds. The average Bonchev–Trinajstić information content (AvgIpc) is 2.76. The summed E-state index contributed by atoms with van der Waals surface area (Å²) >= 11 is 0. The molecule has 0 spiro atoms. The van der Waals surface area contributed by atoms with Crippen LogP contribution in [0.4, 0.5) is 0 Å². The van der Waals surface area contributed by atoms with Crippen molar-refractivity contribution in [3.05, 3.63) is 30.1 Å². The molecule has 5 nitrogen and oxygen atoms in total. The summed E-state index contributed by atoms with van der Waals surface area (Å²) in [4.78, 5) is 16.6. The van der Waals surface area contributed by atoms with Gasteiger partial charge in [-0.05, 0) is 32.4 Å². The number of benzene rings is 1. The zero-order valence-corrected chi connectivity index (χ0v) is 12.3. The number of rotatable bonds is 5. The van der Waals surface area contributed by atoms with Gasteiger partial charge in [-0.2, -0.15) is 0 Å². The van der Waals surface area contributed by atoms with E-state index in [2.05, 4.69) is 21.9 Å². The minimum Gasteiger partial charge on any atom is -0.327 e. The number of aromatic nitrogens is 2. The van der Waals surface area contributed by atoms with Gasteiger partial charge in [0.15, 0.2) is 0 Å². The first-order valence-corrected chi connectivity index (χ1v) is 6.95. The van der Waals surface area contributed by atoms with Gasteiger partial charge in [0.1, 0.15) is 5.82 Å². The van der Waals surface area contributed by atoms with E-state index < -0.39 is 5.41 Å². The Bertz CT molecular complexity index is 615. The number of hydrazine groups is 1. The van der Waals surface area contributed by atoms with Crippen LogP contribution in [0.5, 0.6) is 0 Å². The van der Waals surface area contributed by atoms with E-state index in [-0.39, 0.29) is 5.91 Å². The van der Waals surface area contributed by atoms with Gasteiger partial charge >= 0.3 is 0 Å². The third-order valence-corrected chi connectivity index (χ3v) is 3.51. The van der Waals surface area contributed by atoms with Crippen LogP contribution < -0.4 is 11.3 Å². The molecule has 0 bridgehead atoms. The monoisotopic (exact) mass is 274 g/mol. The summed E-state index contributed by atoms with van der Waals surface area (Å²) in [6.07, 6.45) is 1.92. The number of carbonyl (C=O) groups excluding carboxylic acids is 1. The van der Waals surface area contributed by atoms with Crippen molar-refractivity contribution in [2.45, 2.75) is 40.2 Å². The number of hydrogen-bond donors (Lipinski definition) is 2. The highest BCUT2D eigenvalue weighted by molar-refractivity contribution is 5.82. The molecule has 0 saturated carbocycles. The molecule has 0 unspecified atom stereocenters. The Kier molecular flexibility index (Phi) is 4.09. The van der Waals surface area contributed by atoms with E-state index in [1.165, 1.54) is 0 Å². The van der Waals surface area contributed by atoms with Gasteiger partial charge < -0.3 is 4.57 Å². The van der Waals surface area contributed by atoms with Crippen LogP contribution in [0.2, 0.25) is 0 Å². The molecule has 1 aromatic heterocycles. The van der Waals surface area contributed by atoms with Crippen molar-refractivity contribution in [1.29, 1.82) is 0 Å². The van der Waals surface area contributed by atoms with Gasteiger partial charge in [0, 0.05) is 13.0 Å². The summed E-state index contributed by atoms with van der Waals surface area (Å²) in [7, 11) is 0. The Hall–Kier alpha value is -1.88. The zero-order chi connectivity index (χ0) is 14.8. The molecule has 0 aliphatic rings. The largest absolute Gasteiger partial charge is 0.327 e. The van der Waals surface area contributed by atoms with Crippen molar-refractivity contribution in [1.82, 2.24) is 15.0 Å². The van der Waals surface area contributed by atoms with Gasteiger partial charge in [0.25, 0.3) is 0 Å². The third-order valence-electron chi connectivity index (χ3n) is 3.51. The second kappa shape index (κ2) is 5.63. The number of amides is 1. The fraction of sp³-hybridized carbons (Fsp3) is 0.467. The van der Waals surface area contributed by atoms with Crippen LogP contribution in [-0.4, -0.2) is 15.5 Å². The van der Waals surface area contributed by atoms with Crippen molar-refractivity contribution in [3.63, 3.8) is 0 Å². The first kappa shape index (κ1) is 14.5. The van der Waals surface area contributed by atoms with Gasteiger partial charge in [-0.15, -0.1) is 0 Å². The highest BCUT2D eigenvalue weighted by atomic mass is 16.2. The third kappa shape index (κ3) is 2.67. The lowest BCUT2D eigenvalue weighted by Gasteiger charge is -2.24. The smallest absolute Gasteiger partial charge is 0.241 e. The van der Waals surface area contributed by atoms with Crippen LogP contribution in [0, 0.1) is 5.41 Å². The van der Waals surface area contributed by atoms with Crippen molar-refractivity contribution in [3.8, 4) is 0 Å².